The second kappa shape index (κ2) is 6.78. The molecule has 1 atom stereocenters. The number of halogens is 1. The predicted molar refractivity (Wildman–Crippen MR) is 102 cm³/mol. The molecule has 2 aromatic heterocycles. The van der Waals surface area contributed by atoms with Crippen LogP contribution in [0.25, 0.3) is 22.2 Å². The number of aromatic nitrogens is 2. The van der Waals surface area contributed by atoms with Gasteiger partial charge >= 0.3 is 0 Å². The molecule has 0 saturated heterocycles. The van der Waals surface area contributed by atoms with Gasteiger partial charge in [0.1, 0.15) is 5.69 Å². The van der Waals surface area contributed by atoms with Crippen LogP contribution in [0, 0.1) is 0 Å². The van der Waals surface area contributed by atoms with Gasteiger partial charge in [-0.25, -0.2) is 0 Å². The lowest BCUT2D eigenvalue weighted by Gasteiger charge is -2.16. The predicted octanol–water partition coefficient (Wildman–Crippen LogP) is 4.89. The molecule has 0 amide bonds. The summed E-state index contributed by atoms with van der Waals surface area (Å²) < 4.78 is 6.43. The van der Waals surface area contributed by atoms with Crippen molar-refractivity contribution in [1.82, 2.24) is 10.1 Å². The zero-order valence-electron chi connectivity index (χ0n) is 13.4. The molecule has 0 spiro atoms. The molecular weight excluding hydrogens is 378 g/mol. The Morgan fingerprint density at radius 1 is 1.00 bits per heavy atom. The second-order valence-corrected chi connectivity index (χ2v) is 6.72. The van der Waals surface area contributed by atoms with Gasteiger partial charge in [0.2, 0.25) is 0 Å². The Morgan fingerprint density at radius 2 is 1.84 bits per heavy atom. The standard InChI is InChI=1S/C20H16BrN3O/c21-16-9-5-8-14(17(22)12-13-6-3-4-11-23-13)19(16)20-15-7-1-2-10-18(15)25-24-20/h1-11,17H,12,22H2. The van der Waals surface area contributed by atoms with Crippen LogP contribution in [0.15, 0.2) is 75.9 Å². The van der Waals surface area contributed by atoms with Crippen LogP contribution in [-0.4, -0.2) is 10.1 Å². The molecule has 0 fully saturated rings. The van der Waals surface area contributed by atoms with Gasteiger partial charge in [-0.1, -0.05) is 51.4 Å². The highest BCUT2D eigenvalue weighted by Crippen LogP contribution is 2.38. The number of nitrogens with two attached hydrogens (primary N) is 1. The first-order valence-corrected chi connectivity index (χ1v) is 8.82. The molecule has 4 nitrogen and oxygen atoms in total. The van der Waals surface area contributed by atoms with Gasteiger partial charge in [-0.2, -0.15) is 0 Å². The highest BCUT2D eigenvalue weighted by molar-refractivity contribution is 9.10. The summed E-state index contributed by atoms with van der Waals surface area (Å²) in [6.07, 6.45) is 2.44. The maximum absolute atomic E-state index is 6.53. The van der Waals surface area contributed by atoms with Crippen LogP contribution >= 0.6 is 15.9 Å². The minimum Gasteiger partial charge on any atom is -0.356 e. The maximum Gasteiger partial charge on any atom is 0.167 e. The third kappa shape index (κ3) is 3.08. The van der Waals surface area contributed by atoms with Crippen molar-refractivity contribution < 1.29 is 4.52 Å². The van der Waals surface area contributed by atoms with Crippen molar-refractivity contribution in [3.63, 3.8) is 0 Å². The summed E-state index contributed by atoms with van der Waals surface area (Å²) in [5.41, 5.74) is 11.0. The number of benzene rings is 2. The molecule has 0 bridgehead atoms. The SMILES string of the molecule is NC(Cc1ccccn1)c1cccc(Br)c1-c1noc2ccccc12. The van der Waals surface area contributed by atoms with Crippen molar-refractivity contribution in [2.45, 2.75) is 12.5 Å². The number of pyridine rings is 1. The summed E-state index contributed by atoms with van der Waals surface area (Å²) in [7, 11) is 0. The molecule has 2 N–H and O–H groups in total. The van der Waals surface area contributed by atoms with E-state index in [-0.39, 0.29) is 6.04 Å². The topological polar surface area (TPSA) is 64.9 Å². The lowest BCUT2D eigenvalue weighted by atomic mass is 9.94. The molecule has 0 aliphatic rings. The molecular formula is C20H16BrN3O. The first-order chi connectivity index (χ1) is 12.2. The van der Waals surface area contributed by atoms with E-state index in [9.17, 15) is 0 Å². The summed E-state index contributed by atoms with van der Waals surface area (Å²) in [4.78, 5) is 4.38. The van der Waals surface area contributed by atoms with E-state index in [2.05, 4.69) is 26.1 Å². The average molecular weight is 394 g/mol. The van der Waals surface area contributed by atoms with Gasteiger partial charge in [0, 0.05) is 39.8 Å². The van der Waals surface area contributed by atoms with Crippen molar-refractivity contribution >= 4 is 26.9 Å². The normalized spacial score (nSPS) is 12.4. The quantitative estimate of drug-likeness (QED) is 0.535. The fourth-order valence-electron chi connectivity index (χ4n) is 3.02. The third-order valence-electron chi connectivity index (χ3n) is 4.21. The van der Waals surface area contributed by atoms with Crippen molar-refractivity contribution in [3.05, 3.63) is 82.6 Å². The zero-order chi connectivity index (χ0) is 17.2. The van der Waals surface area contributed by atoms with Crippen LogP contribution in [0.5, 0.6) is 0 Å². The molecule has 1 unspecified atom stereocenters. The number of fused-ring (bicyclic) bond motifs is 1. The van der Waals surface area contributed by atoms with Gasteiger partial charge in [0.25, 0.3) is 0 Å². The average Bonchev–Trinajstić information content (AvgIpc) is 3.06. The van der Waals surface area contributed by atoms with Crippen molar-refractivity contribution in [1.29, 1.82) is 0 Å². The molecule has 0 saturated carbocycles. The third-order valence-corrected chi connectivity index (χ3v) is 4.88. The van der Waals surface area contributed by atoms with E-state index >= 15 is 0 Å². The summed E-state index contributed by atoms with van der Waals surface area (Å²) >= 11 is 3.66. The van der Waals surface area contributed by atoms with E-state index in [4.69, 9.17) is 10.3 Å². The van der Waals surface area contributed by atoms with Crippen LogP contribution in [0.2, 0.25) is 0 Å². The van der Waals surface area contributed by atoms with Gasteiger partial charge in [-0.3, -0.25) is 4.98 Å². The molecule has 0 aliphatic heterocycles. The Kier molecular flexibility index (Phi) is 4.34. The lowest BCUT2D eigenvalue weighted by Crippen LogP contribution is -2.15. The molecule has 2 aromatic carbocycles. The summed E-state index contributed by atoms with van der Waals surface area (Å²) in [6.45, 7) is 0. The van der Waals surface area contributed by atoms with Crippen LogP contribution in [-0.2, 0) is 6.42 Å². The molecule has 5 heteroatoms. The lowest BCUT2D eigenvalue weighted by molar-refractivity contribution is 0.459. The van der Waals surface area contributed by atoms with Crippen LogP contribution in [0.4, 0.5) is 0 Å². The molecule has 2 heterocycles. The first kappa shape index (κ1) is 16.0. The highest BCUT2D eigenvalue weighted by Gasteiger charge is 2.20. The van der Waals surface area contributed by atoms with Gasteiger partial charge in [0.05, 0.1) is 0 Å². The Labute approximate surface area is 153 Å². The molecule has 4 aromatic rings. The van der Waals surface area contributed by atoms with Crippen LogP contribution < -0.4 is 5.73 Å². The monoisotopic (exact) mass is 393 g/mol. The van der Waals surface area contributed by atoms with Crippen molar-refractivity contribution in [2.75, 3.05) is 0 Å². The van der Waals surface area contributed by atoms with E-state index in [1.165, 1.54) is 0 Å². The van der Waals surface area contributed by atoms with Gasteiger partial charge in [-0.05, 0) is 35.9 Å². The maximum atomic E-state index is 6.53. The van der Waals surface area contributed by atoms with Crippen LogP contribution in [0.1, 0.15) is 17.3 Å². The molecule has 0 radical (unpaired) electrons. The van der Waals surface area contributed by atoms with Crippen molar-refractivity contribution in [3.8, 4) is 11.3 Å². The Hall–Kier alpha value is -2.50. The number of rotatable bonds is 4. The van der Waals surface area contributed by atoms with E-state index in [0.29, 0.717) is 6.42 Å². The van der Waals surface area contributed by atoms with E-state index in [1.54, 1.807) is 6.20 Å². The van der Waals surface area contributed by atoms with Gasteiger partial charge in [0.15, 0.2) is 5.58 Å². The van der Waals surface area contributed by atoms with E-state index in [0.717, 1.165) is 38.0 Å². The number of para-hydroxylation sites is 1. The second-order valence-electron chi connectivity index (χ2n) is 5.86. The Bertz CT molecular complexity index is 1010. The first-order valence-electron chi connectivity index (χ1n) is 8.02. The molecule has 4 rings (SSSR count). The summed E-state index contributed by atoms with van der Waals surface area (Å²) in [5, 5.41) is 5.27. The Balaban J connectivity index is 1.81. The van der Waals surface area contributed by atoms with Crippen molar-refractivity contribution in [2.24, 2.45) is 5.73 Å². The van der Waals surface area contributed by atoms with Gasteiger partial charge in [-0.15, -0.1) is 0 Å². The largest absolute Gasteiger partial charge is 0.356 e. The van der Waals surface area contributed by atoms with E-state index in [1.807, 2.05) is 60.7 Å². The zero-order valence-corrected chi connectivity index (χ0v) is 15.0. The minimum atomic E-state index is -0.196. The minimum absolute atomic E-state index is 0.196. The Morgan fingerprint density at radius 3 is 2.68 bits per heavy atom. The fraction of sp³-hybridized carbons (Fsp3) is 0.100. The van der Waals surface area contributed by atoms with Gasteiger partial charge < -0.3 is 10.3 Å². The van der Waals surface area contributed by atoms with E-state index < -0.39 is 0 Å². The number of nitrogens with zero attached hydrogens (tertiary/aromatic N) is 2. The summed E-state index contributed by atoms with van der Waals surface area (Å²) in [5.74, 6) is 0. The van der Waals surface area contributed by atoms with Crippen LogP contribution in [0.3, 0.4) is 0 Å². The molecule has 25 heavy (non-hydrogen) atoms. The number of hydrogen-bond donors (Lipinski definition) is 1. The fourth-order valence-corrected chi connectivity index (χ4v) is 3.59. The molecule has 0 aliphatic carbocycles. The highest BCUT2D eigenvalue weighted by atomic mass is 79.9. The number of hydrogen-bond acceptors (Lipinski definition) is 4. The summed E-state index contributed by atoms with van der Waals surface area (Å²) in [6, 6.07) is 19.5. The molecule has 124 valence electrons. The smallest absolute Gasteiger partial charge is 0.167 e.